The zero-order valence-corrected chi connectivity index (χ0v) is 21.3. The normalized spacial score (nSPS) is 12.4. The van der Waals surface area contributed by atoms with Crippen molar-refractivity contribution in [2.75, 3.05) is 13.7 Å². The third-order valence-corrected chi connectivity index (χ3v) is 5.72. The van der Waals surface area contributed by atoms with Crippen molar-refractivity contribution in [2.24, 2.45) is 0 Å². The van der Waals surface area contributed by atoms with Crippen molar-refractivity contribution < 1.29 is 24.2 Å². The van der Waals surface area contributed by atoms with E-state index >= 15 is 0 Å². The van der Waals surface area contributed by atoms with E-state index in [2.05, 4.69) is 34.4 Å². The summed E-state index contributed by atoms with van der Waals surface area (Å²) in [7, 11) is 1.30. The predicted molar refractivity (Wildman–Crippen MR) is 138 cm³/mol. The predicted octanol–water partition coefficient (Wildman–Crippen LogP) is 5.43. The molecular weight excluding hydrogens is 498 g/mol. The van der Waals surface area contributed by atoms with Gasteiger partial charge in [0, 0.05) is 16.5 Å². The molecule has 6 nitrogen and oxygen atoms in total. The summed E-state index contributed by atoms with van der Waals surface area (Å²) in [6, 6.07) is 10.8. The van der Waals surface area contributed by atoms with Gasteiger partial charge in [-0.2, -0.15) is 0 Å². The summed E-state index contributed by atoms with van der Waals surface area (Å²) in [5.74, 6) is -0.312. The molecule has 0 aliphatic rings. The van der Waals surface area contributed by atoms with E-state index < -0.39 is 24.0 Å². The van der Waals surface area contributed by atoms with E-state index in [1.54, 1.807) is 0 Å². The van der Waals surface area contributed by atoms with Crippen LogP contribution >= 0.6 is 15.9 Å². The minimum absolute atomic E-state index is 0.0727. The number of esters is 1. The molecule has 2 aromatic carbocycles. The van der Waals surface area contributed by atoms with E-state index in [4.69, 9.17) is 9.47 Å². The molecule has 1 amide bonds. The van der Waals surface area contributed by atoms with Gasteiger partial charge in [-0.25, -0.2) is 0 Å². The van der Waals surface area contributed by atoms with Crippen LogP contribution in [0.4, 0.5) is 0 Å². The van der Waals surface area contributed by atoms with Crippen molar-refractivity contribution in [3.63, 3.8) is 0 Å². The Morgan fingerprint density at radius 1 is 1.21 bits per heavy atom. The average Bonchev–Trinajstić information content (AvgIpc) is 2.81. The quantitative estimate of drug-likeness (QED) is 0.205. The number of hydrogen-bond acceptors (Lipinski definition) is 5. The van der Waals surface area contributed by atoms with Crippen molar-refractivity contribution in [2.45, 2.75) is 44.8 Å². The molecule has 0 aromatic heterocycles. The zero-order chi connectivity index (χ0) is 25.1. The highest BCUT2D eigenvalue weighted by Gasteiger charge is 2.23. The lowest BCUT2D eigenvalue weighted by Crippen LogP contribution is -2.37. The molecule has 2 atom stereocenters. The monoisotopic (exact) mass is 529 g/mol. The molecule has 0 heterocycles. The second-order valence-corrected chi connectivity index (χ2v) is 8.80. The van der Waals surface area contributed by atoms with Crippen LogP contribution in [0.3, 0.4) is 0 Å². The number of amides is 1. The largest absolute Gasteiger partial charge is 0.493 e. The molecule has 0 radical (unpaired) electrons. The van der Waals surface area contributed by atoms with E-state index in [0.717, 1.165) is 39.8 Å². The first kappa shape index (κ1) is 27.3. The number of rotatable bonds is 13. The Balaban J connectivity index is 2.43. The topological polar surface area (TPSA) is 84.9 Å². The molecule has 0 bridgehead atoms. The Hall–Kier alpha value is -2.90. The molecule has 182 valence electrons. The van der Waals surface area contributed by atoms with Crippen molar-refractivity contribution in [3.05, 3.63) is 77.3 Å². The molecule has 2 N–H and O–H groups in total. The van der Waals surface area contributed by atoms with Crippen molar-refractivity contribution in [3.8, 4) is 16.9 Å². The molecule has 0 spiro atoms. The third-order valence-electron chi connectivity index (χ3n) is 5.26. The van der Waals surface area contributed by atoms with Gasteiger partial charge in [0.15, 0.2) is 0 Å². The number of carbonyl (C=O) groups is 2. The number of aryl methyl sites for hydroxylation is 1. The highest BCUT2D eigenvalue weighted by molar-refractivity contribution is 9.10. The SMILES string of the molecule is C=CCCCOc1cc(Br)cc(C)c1-c1cccc([C@H](CC(=O)OC)NC(=O)[C@H](O)CC=C)c1. The first-order valence-electron chi connectivity index (χ1n) is 11.1. The van der Waals surface area contributed by atoms with E-state index in [9.17, 15) is 14.7 Å². The van der Waals surface area contributed by atoms with Gasteiger partial charge < -0.3 is 19.9 Å². The third kappa shape index (κ3) is 7.85. The average molecular weight is 530 g/mol. The fourth-order valence-electron chi connectivity index (χ4n) is 3.55. The zero-order valence-electron chi connectivity index (χ0n) is 19.7. The summed E-state index contributed by atoms with van der Waals surface area (Å²) in [5, 5.41) is 12.8. The number of aliphatic hydroxyl groups is 1. The molecular formula is C27H32BrNO5. The highest BCUT2D eigenvalue weighted by atomic mass is 79.9. The Morgan fingerprint density at radius 3 is 2.65 bits per heavy atom. The minimum Gasteiger partial charge on any atom is -0.493 e. The van der Waals surface area contributed by atoms with Crippen molar-refractivity contribution in [1.29, 1.82) is 0 Å². The second-order valence-electron chi connectivity index (χ2n) is 7.88. The van der Waals surface area contributed by atoms with Gasteiger partial charge in [0.05, 0.1) is 26.2 Å². The van der Waals surface area contributed by atoms with Crippen LogP contribution in [0.5, 0.6) is 5.75 Å². The maximum Gasteiger partial charge on any atom is 0.307 e. The standard InChI is InChI=1S/C27H32BrNO5/c1-5-7-8-13-34-24-16-21(28)14-18(3)26(24)20-12-9-11-19(15-20)22(17-25(31)33-4)29-27(32)23(30)10-6-2/h5-6,9,11-12,14-16,22-23,30H,1-2,7-8,10,13,17H2,3-4H3,(H,29,32)/t22-,23+/m0/s1. The summed E-state index contributed by atoms with van der Waals surface area (Å²) >= 11 is 3.54. The fraction of sp³-hybridized carbons (Fsp3) is 0.333. The van der Waals surface area contributed by atoms with Gasteiger partial charge >= 0.3 is 5.97 Å². The van der Waals surface area contributed by atoms with Crippen LogP contribution < -0.4 is 10.1 Å². The number of halogens is 1. The van der Waals surface area contributed by atoms with Crippen LogP contribution in [0.2, 0.25) is 0 Å². The Bertz CT molecular complexity index is 1020. The number of benzene rings is 2. The first-order chi connectivity index (χ1) is 16.3. The van der Waals surface area contributed by atoms with Gasteiger partial charge in [0.2, 0.25) is 5.91 Å². The first-order valence-corrected chi connectivity index (χ1v) is 11.9. The summed E-state index contributed by atoms with van der Waals surface area (Å²) in [6.07, 6.45) is 3.84. The fourth-order valence-corrected chi connectivity index (χ4v) is 4.10. The molecule has 0 saturated carbocycles. The minimum atomic E-state index is -1.25. The van der Waals surface area contributed by atoms with Gasteiger partial charge in [-0.1, -0.05) is 46.3 Å². The maximum absolute atomic E-state index is 12.5. The summed E-state index contributed by atoms with van der Waals surface area (Å²) in [5.41, 5.74) is 3.54. The van der Waals surface area contributed by atoms with Gasteiger partial charge in [0.25, 0.3) is 0 Å². The van der Waals surface area contributed by atoms with Gasteiger partial charge in [-0.05, 0) is 54.7 Å². The van der Waals surface area contributed by atoms with Crippen molar-refractivity contribution in [1.82, 2.24) is 5.32 Å². The number of methoxy groups -OCH3 is 1. The second kappa shape index (κ2) is 13.7. The van der Waals surface area contributed by atoms with E-state index in [1.807, 2.05) is 49.4 Å². The summed E-state index contributed by atoms with van der Waals surface area (Å²) in [4.78, 5) is 24.5. The number of hydrogen-bond donors (Lipinski definition) is 2. The number of ether oxygens (including phenoxy) is 2. The lowest BCUT2D eigenvalue weighted by molar-refractivity contribution is -0.141. The van der Waals surface area contributed by atoms with Gasteiger partial charge in [-0.15, -0.1) is 13.2 Å². The summed E-state index contributed by atoms with van der Waals surface area (Å²) < 4.78 is 11.8. The van der Waals surface area contributed by atoms with E-state index in [0.29, 0.717) is 12.2 Å². The lowest BCUT2D eigenvalue weighted by atomic mass is 9.94. The van der Waals surface area contributed by atoms with Crippen molar-refractivity contribution >= 4 is 27.8 Å². The number of nitrogens with one attached hydrogen (secondary N) is 1. The van der Waals surface area contributed by atoms with Crippen LogP contribution in [0.15, 0.2) is 66.2 Å². The van der Waals surface area contributed by atoms with E-state index in [1.165, 1.54) is 13.2 Å². The van der Waals surface area contributed by atoms with Gasteiger partial charge in [0.1, 0.15) is 11.9 Å². The molecule has 34 heavy (non-hydrogen) atoms. The Labute approximate surface area is 209 Å². The number of carbonyl (C=O) groups excluding carboxylic acids is 2. The van der Waals surface area contributed by atoms with Crippen LogP contribution in [0.1, 0.15) is 42.9 Å². The van der Waals surface area contributed by atoms with Crippen LogP contribution in [-0.4, -0.2) is 36.8 Å². The molecule has 2 rings (SSSR count). The lowest BCUT2D eigenvalue weighted by Gasteiger charge is -2.21. The molecule has 0 fully saturated rings. The molecule has 0 aliphatic carbocycles. The molecule has 0 saturated heterocycles. The number of allylic oxidation sites excluding steroid dienone is 1. The Morgan fingerprint density at radius 2 is 1.97 bits per heavy atom. The van der Waals surface area contributed by atoms with Crippen LogP contribution in [0, 0.1) is 6.92 Å². The summed E-state index contributed by atoms with van der Waals surface area (Å²) in [6.45, 7) is 9.85. The smallest absolute Gasteiger partial charge is 0.307 e. The molecule has 2 aromatic rings. The molecule has 7 heteroatoms. The Kier molecular flexibility index (Phi) is 11.0. The van der Waals surface area contributed by atoms with Gasteiger partial charge in [-0.3, -0.25) is 9.59 Å². The highest BCUT2D eigenvalue weighted by Crippen LogP contribution is 2.37. The van der Waals surface area contributed by atoms with E-state index in [-0.39, 0.29) is 12.8 Å². The number of unbranched alkanes of at least 4 members (excludes halogenated alkanes) is 1. The van der Waals surface area contributed by atoms with Crippen LogP contribution in [0.25, 0.3) is 11.1 Å². The van der Waals surface area contributed by atoms with Crippen LogP contribution in [-0.2, 0) is 14.3 Å². The molecule has 0 unspecified atom stereocenters. The molecule has 0 aliphatic heterocycles. The number of aliphatic hydroxyl groups excluding tert-OH is 1. The maximum atomic E-state index is 12.5.